The average Bonchev–Trinajstić information content (AvgIpc) is 2.20. The number of fused-ring (bicyclic) bond motifs is 1. The van der Waals surface area contributed by atoms with Crippen LogP contribution in [0.5, 0.6) is 0 Å². The Balaban J connectivity index is 2.55. The lowest BCUT2D eigenvalue weighted by Crippen LogP contribution is -2.43. The fourth-order valence-corrected chi connectivity index (χ4v) is 2.98. The van der Waals surface area contributed by atoms with Gasteiger partial charge in [0.1, 0.15) is 5.82 Å². The lowest BCUT2D eigenvalue weighted by molar-refractivity contribution is 0.189. The van der Waals surface area contributed by atoms with Crippen molar-refractivity contribution >= 4 is 11.8 Å². The van der Waals surface area contributed by atoms with Crippen molar-refractivity contribution in [2.75, 3.05) is 12.4 Å². The minimum atomic E-state index is -0.761. The van der Waals surface area contributed by atoms with Crippen LogP contribution in [-0.2, 0) is 5.54 Å². The molecule has 1 aliphatic heterocycles. The molecule has 1 aromatic carbocycles. The highest BCUT2D eigenvalue weighted by molar-refractivity contribution is 7.99. The van der Waals surface area contributed by atoms with Crippen molar-refractivity contribution in [3.8, 4) is 0 Å². The smallest absolute Gasteiger partial charge is 0.137 e. The summed E-state index contributed by atoms with van der Waals surface area (Å²) in [6, 6.07) is 4.85. The van der Waals surface area contributed by atoms with Gasteiger partial charge in [0.05, 0.1) is 12.1 Å². The van der Waals surface area contributed by atoms with Crippen LogP contribution >= 0.6 is 11.8 Å². The second kappa shape index (κ2) is 3.53. The monoisotopic (exact) mass is 213 g/mol. The predicted molar refractivity (Wildman–Crippen MR) is 54.7 cm³/mol. The minimum Gasteiger partial charge on any atom is -0.394 e. The molecule has 1 atom stereocenters. The molecule has 4 heteroatoms. The quantitative estimate of drug-likeness (QED) is 0.742. The van der Waals surface area contributed by atoms with Crippen molar-refractivity contribution in [1.82, 2.24) is 0 Å². The molecule has 1 aliphatic rings. The number of thioether (sulfide) groups is 1. The number of hydrogen-bond acceptors (Lipinski definition) is 3. The topological polar surface area (TPSA) is 46.2 Å². The van der Waals surface area contributed by atoms with Crippen LogP contribution in [0.3, 0.4) is 0 Å². The van der Waals surface area contributed by atoms with Crippen molar-refractivity contribution < 1.29 is 9.50 Å². The molecular weight excluding hydrogens is 201 g/mol. The van der Waals surface area contributed by atoms with Crippen LogP contribution < -0.4 is 5.73 Å². The molecule has 2 rings (SSSR count). The largest absolute Gasteiger partial charge is 0.394 e. The molecule has 0 aromatic heterocycles. The van der Waals surface area contributed by atoms with E-state index in [0.717, 1.165) is 11.3 Å². The molecule has 0 saturated carbocycles. The van der Waals surface area contributed by atoms with Gasteiger partial charge in [0.15, 0.2) is 0 Å². The summed E-state index contributed by atoms with van der Waals surface area (Å²) in [5, 5.41) is 9.23. The first-order valence-electron chi connectivity index (χ1n) is 4.49. The van der Waals surface area contributed by atoms with E-state index in [0.29, 0.717) is 11.3 Å². The number of nitrogens with two attached hydrogens (primary N) is 1. The van der Waals surface area contributed by atoms with E-state index in [4.69, 9.17) is 5.73 Å². The second-order valence-corrected chi connectivity index (χ2v) is 4.63. The fraction of sp³-hybridized carbons (Fsp3) is 0.400. The molecule has 3 N–H and O–H groups in total. The highest BCUT2D eigenvalue weighted by Crippen LogP contribution is 2.39. The fourth-order valence-electron chi connectivity index (χ4n) is 1.68. The number of hydrogen-bond donors (Lipinski definition) is 2. The zero-order valence-corrected chi connectivity index (χ0v) is 8.48. The van der Waals surface area contributed by atoms with Crippen molar-refractivity contribution in [2.45, 2.75) is 16.9 Å². The Morgan fingerprint density at radius 2 is 2.36 bits per heavy atom. The van der Waals surface area contributed by atoms with E-state index >= 15 is 0 Å². The lowest BCUT2D eigenvalue weighted by atomic mass is 9.88. The second-order valence-electron chi connectivity index (χ2n) is 3.53. The van der Waals surface area contributed by atoms with Gasteiger partial charge in [-0.3, -0.25) is 0 Å². The third-order valence-electron chi connectivity index (χ3n) is 2.58. The molecule has 2 nitrogen and oxygen atoms in total. The molecule has 0 bridgehead atoms. The third kappa shape index (κ3) is 1.43. The molecule has 1 heterocycles. The van der Waals surface area contributed by atoms with Gasteiger partial charge in [0, 0.05) is 10.6 Å². The lowest BCUT2D eigenvalue weighted by Gasteiger charge is -2.33. The summed E-state index contributed by atoms with van der Waals surface area (Å²) in [4.78, 5) is 0.593. The number of aliphatic hydroxyl groups is 1. The van der Waals surface area contributed by atoms with Gasteiger partial charge in [0.25, 0.3) is 0 Å². The van der Waals surface area contributed by atoms with Gasteiger partial charge >= 0.3 is 0 Å². The zero-order chi connectivity index (χ0) is 10.2. The summed E-state index contributed by atoms with van der Waals surface area (Å²) in [5.74, 6) is 0.515. The van der Waals surface area contributed by atoms with E-state index in [9.17, 15) is 9.50 Å². The first-order chi connectivity index (χ1) is 6.67. The molecule has 76 valence electrons. The van der Waals surface area contributed by atoms with Gasteiger partial charge in [-0.05, 0) is 18.1 Å². The Hall–Kier alpha value is -0.580. The van der Waals surface area contributed by atoms with Gasteiger partial charge in [-0.15, -0.1) is 11.8 Å². The van der Waals surface area contributed by atoms with Crippen LogP contribution in [0, 0.1) is 5.82 Å². The van der Waals surface area contributed by atoms with E-state index in [2.05, 4.69) is 0 Å². The molecular formula is C10H12FNOS. The number of rotatable bonds is 1. The highest BCUT2D eigenvalue weighted by atomic mass is 32.2. The van der Waals surface area contributed by atoms with Crippen LogP contribution in [0.1, 0.15) is 12.0 Å². The van der Waals surface area contributed by atoms with Crippen LogP contribution in [-0.4, -0.2) is 17.5 Å². The van der Waals surface area contributed by atoms with E-state index in [1.807, 2.05) is 0 Å². The molecule has 0 amide bonds. The Kier molecular flexibility index (Phi) is 2.51. The summed E-state index contributed by atoms with van der Waals surface area (Å²) in [6.45, 7) is -0.135. The van der Waals surface area contributed by atoms with Crippen LogP contribution in [0.4, 0.5) is 4.39 Å². The predicted octanol–water partition coefficient (Wildman–Crippen LogP) is 1.47. The number of aliphatic hydroxyl groups excluding tert-OH is 1. The van der Waals surface area contributed by atoms with E-state index in [1.54, 1.807) is 12.1 Å². The third-order valence-corrected chi connectivity index (χ3v) is 3.69. The minimum absolute atomic E-state index is 0.135. The Labute approximate surface area is 86.3 Å². The number of halogens is 1. The zero-order valence-electron chi connectivity index (χ0n) is 7.66. The molecule has 0 unspecified atom stereocenters. The van der Waals surface area contributed by atoms with Crippen molar-refractivity contribution in [3.05, 3.63) is 29.6 Å². The molecule has 0 saturated heterocycles. The van der Waals surface area contributed by atoms with Crippen molar-refractivity contribution in [3.63, 3.8) is 0 Å². The standard InChI is InChI=1S/C10H12FNOS/c11-8-3-1-2-7-9(8)14-5-4-10(7,12)6-13/h1-3,13H,4-6,12H2/t10-/m1/s1. The maximum absolute atomic E-state index is 13.4. The molecule has 0 fully saturated rings. The van der Waals surface area contributed by atoms with E-state index in [-0.39, 0.29) is 12.4 Å². The van der Waals surface area contributed by atoms with Gasteiger partial charge in [0.2, 0.25) is 0 Å². The summed E-state index contributed by atoms with van der Waals surface area (Å²) < 4.78 is 13.4. The summed E-state index contributed by atoms with van der Waals surface area (Å²) in [7, 11) is 0. The Morgan fingerprint density at radius 1 is 1.57 bits per heavy atom. The molecule has 0 spiro atoms. The van der Waals surface area contributed by atoms with Crippen LogP contribution in [0.25, 0.3) is 0 Å². The Morgan fingerprint density at radius 3 is 3.07 bits per heavy atom. The summed E-state index contributed by atoms with van der Waals surface area (Å²) in [6.07, 6.45) is 0.685. The maximum atomic E-state index is 13.4. The van der Waals surface area contributed by atoms with Crippen LogP contribution in [0.15, 0.2) is 23.1 Å². The SMILES string of the molecule is N[C@@]1(CO)CCSc2c(F)cccc21. The van der Waals surface area contributed by atoms with Gasteiger partial charge in [-0.2, -0.15) is 0 Å². The molecule has 0 aliphatic carbocycles. The van der Waals surface area contributed by atoms with Crippen molar-refractivity contribution in [1.29, 1.82) is 0 Å². The highest BCUT2D eigenvalue weighted by Gasteiger charge is 2.33. The Bertz CT molecular complexity index is 358. The van der Waals surface area contributed by atoms with Gasteiger partial charge in [-0.25, -0.2) is 4.39 Å². The van der Waals surface area contributed by atoms with E-state index in [1.165, 1.54) is 17.8 Å². The maximum Gasteiger partial charge on any atom is 0.137 e. The first kappa shape index (κ1) is 9.96. The molecule has 14 heavy (non-hydrogen) atoms. The van der Waals surface area contributed by atoms with Crippen molar-refractivity contribution in [2.24, 2.45) is 5.73 Å². The van der Waals surface area contributed by atoms with Gasteiger partial charge in [-0.1, -0.05) is 12.1 Å². The molecule has 0 radical (unpaired) electrons. The molecule has 1 aromatic rings. The summed E-state index contributed by atoms with van der Waals surface area (Å²) in [5.41, 5.74) is 5.98. The van der Waals surface area contributed by atoms with E-state index < -0.39 is 5.54 Å². The normalized spacial score (nSPS) is 25.9. The summed E-state index contributed by atoms with van der Waals surface area (Å²) >= 11 is 1.47. The van der Waals surface area contributed by atoms with Crippen LogP contribution in [0.2, 0.25) is 0 Å². The van der Waals surface area contributed by atoms with Gasteiger partial charge < -0.3 is 10.8 Å². The average molecular weight is 213 g/mol. The number of benzene rings is 1. The first-order valence-corrected chi connectivity index (χ1v) is 5.47.